The molecular formula is C20H18F2N4O4. The van der Waals surface area contributed by atoms with Crippen molar-refractivity contribution in [2.75, 3.05) is 19.0 Å². The molecule has 2 amide bonds. The number of carbonyl (C=O) groups is 3. The van der Waals surface area contributed by atoms with Crippen LogP contribution in [0.4, 0.5) is 14.5 Å². The first-order chi connectivity index (χ1) is 14.4. The fourth-order valence-corrected chi connectivity index (χ4v) is 2.67. The van der Waals surface area contributed by atoms with Crippen molar-refractivity contribution < 1.29 is 27.9 Å². The zero-order chi connectivity index (χ0) is 21.7. The van der Waals surface area contributed by atoms with Gasteiger partial charge in [0.15, 0.2) is 5.82 Å². The first-order valence-electron chi connectivity index (χ1n) is 8.87. The Balaban J connectivity index is 1.61. The van der Waals surface area contributed by atoms with Crippen LogP contribution in [0.5, 0.6) is 0 Å². The van der Waals surface area contributed by atoms with Crippen LogP contribution >= 0.6 is 0 Å². The normalized spacial score (nSPS) is 10.8. The number of aromatic nitrogens is 2. The average molecular weight is 416 g/mol. The molecule has 3 N–H and O–H groups in total. The number of amides is 2. The SMILES string of the molecule is COC(=O)CNC(=O)Cc1ccc(NC(=O)c2ccc3nc(C(F)F)[nH]c3c2)cc1. The Labute approximate surface area is 169 Å². The number of nitrogens with zero attached hydrogens (tertiary/aromatic N) is 1. The number of anilines is 1. The van der Waals surface area contributed by atoms with E-state index >= 15 is 0 Å². The van der Waals surface area contributed by atoms with E-state index in [0.717, 1.165) is 0 Å². The summed E-state index contributed by atoms with van der Waals surface area (Å²) < 4.78 is 29.9. The predicted octanol–water partition coefficient (Wildman–Crippen LogP) is 2.58. The van der Waals surface area contributed by atoms with E-state index in [9.17, 15) is 23.2 Å². The Kier molecular flexibility index (Phi) is 6.35. The van der Waals surface area contributed by atoms with Crippen LogP contribution in [0.1, 0.15) is 28.2 Å². The largest absolute Gasteiger partial charge is 0.468 e. The number of hydrogen-bond donors (Lipinski definition) is 3. The van der Waals surface area contributed by atoms with Gasteiger partial charge in [0.2, 0.25) is 5.91 Å². The highest BCUT2D eigenvalue weighted by atomic mass is 19.3. The average Bonchev–Trinajstić information content (AvgIpc) is 3.17. The van der Waals surface area contributed by atoms with Crippen LogP contribution in [0.2, 0.25) is 0 Å². The van der Waals surface area contributed by atoms with Crippen LogP contribution in [0.25, 0.3) is 11.0 Å². The van der Waals surface area contributed by atoms with E-state index in [1.165, 1.54) is 25.3 Å². The van der Waals surface area contributed by atoms with Crippen molar-refractivity contribution in [1.29, 1.82) is 0 Å². The zero-order valence-corrected chi connectivity index (χ0v) is 15.9. The smallest absolute Gasteiger partial charge is 0.325 e. The second kappa shape index (κ2) is 9.12. The third-order valence-electron chi connectivity index (χ3n) is 4.20. The number of aromatic amines is 1. The fourth-order valence-electron chi connectivity index (χ4n) is 2.67. The molecule has 3 rings (SSSR count). The molecule has 1 aromatic heterocycles. The molecule has 0 aliphatic carbocycles. The minimum atomic E-state index is -2.73. The molecule has 0 aliphatic rings. The van der Waals surface area contributed by atoms with Crippen LogP contribution in [-0.2, 0) is 20.7 Å². The van der Waals surface area contributed by atoms with Gasteiger partial charge in [0.25, 0.3) is 12.3 Å². The van der Waals surface area contributed by atoms with E-state index in [2.05, 4.69) is 25.3 Å². The zero-order valence-electron chi connectivity index (χ0n) is 15.9. The van der Waals surface area contributed by atoms with Crippen molar-refractivity contribution in [3.63, 3.8) is 0 Å². The summed E-state index contributed by atoms with van der Waals surface area (Å²) in [5, 5.41) is 5.13. The molecule has 2 aromatic carbocycles. The standard InChI is InChI=1S/C20H18F2N4O4/c1-30-17(28)10-23-16(27)8-11-2-5-13(6-3-11)24-20(29)12-4-7-14-15(9-12)26-19(25-14)18(21)22/h2-7,9,18H,8,10H2,1H3,(H,23,27)(H,24,29)(H,25,26). The minimum absolute atomic E-state index is 0.0637. The van der Waals surface area contributed by atoms with E-state index in [-0.39, 0.29) is 24.4 Å². The number of fused-ring (bicyclic) bond motifs is 1. The maximum atomic E-state index is 12.7. The number of halogens is 2. The number of benzene rings is 2. The second-order valence-electron chi connectivity index (χ2n) is 6.34. The molecule has 0 unspecified atom stereocenters. The number of nitrogens with one attached hydrogen (secondary N) is 3. The van der Waals surface area contributed by atoms with Gasteiger partial charge in [0.1, 0.15) is 6.54 Å². The lowest BCUT2D eigenvalue weighted by atomic mass is 10.1. The number of methoxy groups -OCH3 is 1. The molecule has 0 fully saturated rings. The summed E-state index contributed by atoms with van der Waals surface area (Å²) >= 11 is 0. The van der Waals surface area contributed by atoms with E-state index in [1.807, 2.05) is 0 Å². The topological polar surface area (TPSA) is 113 Å². The van der Waals surface area contributed by atoms with Gasteiger partial charge < -0.3 is 20.4 Å². The number of carbonyl (C=O) groups excluding carboxylic acids is 3. The third-order valence-corrected chi connectivity index (χ3v) is 4.20. The van der Waals surface area contributed by atoms with Crippen LogP contribution in [0.15, 0.2) is 42.5 Å². The van der Waals surface area contributed by atoms with E-state index < -0.39 is 24.1 Å². The van der Waals surface area contributed by atoms with Crippen molar-refractivity contribution in [2.45, 2.75) is 12.8 Å². The molecule has 0 aliphatic heterocycles. The summed E-state index contributed by atoms with van der Waals surface area (Å²) in [7, 11) is 1.23. The van der Waals surface area contributed by atoms with Crippen molar-refractivity contribution in [1.82, 2.24) is 15.3 Å². The number of imidazole rings is 1. The van der Waals surface area contributed by atoms with Gasteiger partial charge in [-0.3, -0.25) is 14.4 Å². The van der Waals surface area contributed by atoms with Crippen LogP contribution in [0.3, 0.4) is 0 Å². The van der Waals surface area contributed by atoms with E-state index in [4.69, 9.17) is 0 Å². The molecule has 0 saturated carbocycles. The summed E-state index contributed by atoms with van der Waals surface area (Å²) in [6.07, 6.45) is -2.66. The van der Waals surface area contributed by atoms with Gasteiger partial charge in [0, 0.05) is 11.3 Å². The third kappa shape index (κ3) is 5.16. The summed E-state index contributed by atoms with van der Waals surface area (Å²) in [5.74, 6) is -1.75. The van der Waals surface area contributed by atoms with Crippen molar-refractivity contribution >= 4 is 34.5 Å². The Hall–Kier alpha value is -3.82. The highest BCUT2D eigenvalue weighted by molar-refractivity contribution is 6.06. The van der Waals surface area contributed by atoms with Crippen LogP contribution < -0.4 is 10.6 Å². The molecule has 156 valence electrons. The molecule has 30 heavy (non-hydrogen) atoms. The van der Waals surface area contributed by atoms with E-state index in [1.54, 1.807) is 24.3 Å². The Bertz CT molecular complexity index is 1080. The van der Waals surface area contributed by atoms with Crippen molar-refractivity contribution in [3.8, 4) is 0 Å². The molecule has 3 aromatic rings. The molecule has 0 saturated heterocycles. The lowest BCUT2D eigenvalue weighted by Crippen LogP contribution is -2.31. The highest BCUT2D eigenvalue weighted by Gasteiger charge is 2.14. The highest BCUT2D eigenvalue weighted by Crippen LogP contribution is 2.21. The molecule has 0 bridgehead atoms. The van der Waals surface area contributed by atoms with Crippen LogP contribution in [0, 0.1) is 0 Å². The molecule has 0 atom stereocenters. The second-order valence-corrected chi connectivity index (χ2v) is 6.34. The fraction of sp³-hybridized carbons (Fsp3) is 0.200. The number of H-pyrrole nitrogens is 1. The number of rotatable bonds is 7. The lowest BCUT2D eigenvalue weighted by molar-refractivity contribution is -0.141. The molecule has 0 spiro atoms. The van der Waals surface area contributed by atoms with Crippen molar-refractivity contribution in [2.24, 2.45) is 0 Å². The lowest BCUT2D eigenvalue weighted by Gasteiger charge is -2.07. The van der Waals surface area contributed by atoms with Crippen molar-refractivity contribution in [3.05, 3.63) is 59.4 Å². The predicted molar refractivity (Wildman–Crippen MR) is 104 cm³/mol. The summed E-state index contributed by atoms with van der Waals surface area (Å²) in [6, 6.07) is 11.0. The van der Waals surface area contributed by atoms with Gasteiger partial charge in [-0.25, -0.2) is 13.8 Å². The van der Waals surface area contributed by atoms with Gasteiger partial charge >= 0.3 is 5.97 Å². The van der Waals surface area contributed by atoms with E-state index in [0.29, 0.717) is 22.3 Å². The van der Waals surface area contributed by atoms with Gasteiger partial charge in [0.05, 0.1) is 24.6 Å². The van der Waals surface area contributed by atoms with Gasteiger partial charge in [-0.05, 0) is 35.9 Å². The Morgan fingerprint density at radius 2 is 1.87 bits per heavy atom. The summed E-state index contributed by atoms with van der Waals surface area (Å²) in [6.45, 7) is -0.205. The Morgan fingerprint density at radius 1 is 1.13 bits per heavy atom. The molecule has 1 heterocycles. The van der Waals surface area contributed by atoms with Gasteiger partial charge in [-0.1, -0.05) is 12.1 Å². The summed E-state index contributed by atoms with van der Waals surface area (Å²) in [4.78, 5) is 41.5. The first-order valence-corrected chi connectivity index (χ1v) is 8.87. The number of hydrogen-bond acceptors (Lipinski definition) is 5. The maximum absolute atomic E-state index is 12.7. The molecular weight excluding hydrogens is 398 g/mol. The monoisotopic (exact) mass is 416 g/mol. The van der Waals surface area contributed by atoms with Crippen LogP contribution in [-0.4, -0.2) is 41.4 Å². The molecule has 0 radical (unpaired) electrons. The summed E-state index contributed by atoms with van der Waals surface area (Å²) in [5.41, 5.74) is 2.15. The first kappa shape index (κ1) is 20.9. The van der Waals surface area contributed by atoms with Gasteiger partial charge in [-0.15, -0.1) is 0 Å². The minimum Gasteiger partial charge on any atom is -0.468 e. The number of alkyl halides is 2. The Morgan fingerprint density at radius 3 is 2.53 bits per heavy atom. The number of esters is 1. The molecule has 10 heteroatoms. The maximum Gasteiger partial charge on any atom is 0.325 e. The number of ether oxygens (including phenoxy) is 1. The van der Waals surface area contributed by atoms with Gasteiger partial charge in [-0.2, -0.15) is 0 Å². The molecule has 8 nitrogen and oxygen atoms in total. The quantitative estimate of drug-likeness (QED) is 0.513.